The summed E-state index contributed by atoms with van der Waals surface area (Å²) in [5, 5.41) is 0. The molecule has 1 aromatic rings. The van der Waals surface area contributed by atoms with Crippen LogP contribution in [0, 0.1) is 0 Å². The molecule has 0 aliphatic heterocycles. The van der Waals surface area contributed by atoms with Gasteiger partial charge in [-0.05, 0) is 24.3 Å². The first kappa shape index (κ1) is 16.0. The first-order chi connectivity index (χ1) is 8.61. The first-order valence-electron chi connectivity index (χ1n) is 5.60. The second-order valence-electron chi connectivity index (χ2n) is 2.93. The van der Waals surface area contributed by atoms with E-state index in [2.05, 4.69) is 4.74 Å². The molecule has 0 N–H and O–H groups in total. The molecule has 0 unspecified atom stereocenters. The summed E-state index contributed by atoms with van der Waals surface area (Å²) >= 11 is 0. The zero-order valence-electron chi connectivity index (χ0n) is 11.1. The summed E-state index contributed by atoms with van der Waals surface area (Å²) < 4.78 is 14.3. The summed E-state index contributed by atoms with van der Waals surface area (Å²) in [5.74, 6) is 0.0894. The van der Waals surface area contributed by atoms with Gasteiger partial charge in [0, 0.05) is 6.92 Å². The number of methoxy groups -OCH3 is 1. The van der Waals surface area contributed by atoms with Crippen molar-refractivity contribution in [2.75, 3.05) is 13.7 Å². The lowest BCUT2D eigenvalue weighted by Gasteiger charge is -2.05. The van der Waals surface area contributed by atoms with Crippen molar-refractivity contribution < 1.29 is 23.8 Å². The molecule has 0 radical (unpaired) electrons. The molecule has 0 amide bonds. The van der Waals surface area contributed by atoms with Crippen molar-refractivity contribution in [3.63, 3.8) is 0 Å². The van der Waals surface area contributed by atoms with Crippen LogP contribution in [0.25, 0.3) is 0 Å². The van der Waals surface area contributed by atoms with Gasteiger partial charge in [-0.25, -0.2) is 4.79 Å². The van der Waals surface area contributed by atoms with Gasteiger partial charge < -0.3 is 14.2 Å². The zero-order chi connectivity index (χ0) is 14.0. The number of rotatable bonds is 4. The highest BCUT2D eigenvalue weighted by Gasteiger charge is 2.02. The average molecular weight is 254 g/mol. The maximum Gasteiger partial charge on any atom is 0.343 e. The van der Waals surface area contributed by atoms with Gasteiger partial charge in [0.15, 0.2) is 6.61 Å². The van der Waals surface area contributed by atoms with Crippen LogP contribution in [-0.4, -0.2) is 25.7 Å². The molecule has 0 bridgehead atoms. The second-order valence-corrected chi connectivity index (χ2v) is 2.93. The van der Waals surface area contributed by atoms with Crippen LogP contribution in [0.3, 0.4) is 0 Å². The Balaban J connectivity index is 0.00000137. The number of benzene rings is 1. The Hall–Kier alpha value is -2.04. The molecule has 100 valence electrons. The number of hydrogen-bond acceptors (Lipinski definition) is 5. The molecule has 0 aliphatic rings. The fraction of sp³-hybridized carbons (Fsp3) is 0.385. The standard InChI is InChI=1S/C11H12O5.C2H6/c1-8(12)16-10-5-3-9(4-6-10)15-7-11(13)14-2;1-2/h3-6H,7H2,1-2H3;1-2H3. The van der Waals surface area contributed by atoms with Gasteiger partial charge in [-0.2, -0.15) is 0 Å². The van der Waals surface area contributed by atoms with Crippen LogP contribution in [0.1, 0.15) is 20.8 Å². The Kier molecular flexibility index (Phi) is 8.01. The van der Waals surface area contributed by atoms with E-state index in [1.54, 1.807) is 24.3 Å². The van der Waals surface area contributed by atoms with E-state index in [0.29, 0.717) is 11.5 Å². The van der Waals surface area contributed by atoms with E-state index in [1.807, 2.05) is 13.8 Å². The fourth-order valence-corrected chi connectivity index (χ4v) is 0.971. The highest BCUT2D eigenvalue weighted by Crippen LogP contribution is 2.17. The summed E-state index contributed by atoms with van der Waals surface area (Å²) in [4.78, 5) is 21.4. The van der Waals surface area contributed by atoms with E-state index in [4.69, 9.17) is 9.47 Å². The predicted octanol–water partition coefficient (Wildman–Crippen LogP) is 2.19. The van der Waals surface area contributed by atoms with Crippen LogP contribution < -0.4 is 9.47 Å². The monoisotopic (exact) mass is 254 g/mol. The lowest BCUT2D eigenvalue weighted by atomic mass is 10.3. The largest absolute Gasteiger partial charge is 0.482 e. The lowest BCUT2D eigenvalue weighted by Crippen LogP contribution is -2.12. The van der Waals surface area contributed by atoms with Crippen molar-refractivity contribution in [3.05, 3.63) is 24.3 Å². The van der Waals surface area contributed by atoms with E-state index < -0.39 is 5.97 Å². The topological polar surface area (TPSA) is 61.8 Å². The average Bonchev–Trinajstić information content (AvgIpc) is 2.39. The van der Waals surface area contributed by atoms with Crippen LogP contribution in [0.15, 0.2) is 24.3 Å². The number of esters is 2. The fourth-order valence-electron chi connectivity index (χ4n) is 0.971. The number of ether oxygens (including phenoxy) is 3. The molecular formula is C13H18O5. The van der Waals surface area contributed by atoms with E-state index in [0.717, 1.165) is 0 Å². The Labute approximate surface area is 107 Å². The third kappa shape index (κ3) is 6.52. The van der Waals surface area contributed by atoms with Gasteiger partial charge >= 0.3 is 11.9 Å². The maximum atomic E-state index is 10.8. The quantitative estimate of drug-likeness (QED) is 0.608. The van der Waals surface area contributed by atoms with Gasteiger partial charge in [0.2, 0.25) is 0 Å². The van der Waals surface area contributed by atoms with Crippen molar-refractivity contribution >= 4 is 11.9 Å². The molecule has 0 aliphatic carbocycles. The summed E-state index contributed by atoms with van der Waals surface area (Å²) in [6.07, 6.45) is 0. The second kappa shape index (κ2) is 9.04. The SMILES string of the molecule is CC.COC(=O)COc1ccc(OC(C)=O)cc1. The van der Waals surface area contributed by atoms with Gasteiger partial charge in [-0.1, -0.05) is 13.8 Å². The van der Waals surface area contributed by atoms with Crippen molar-refractivity contribution in [2.45, 2.75) is 20.8 Å². The molecule has 0 heterocycles. The molecule has 5 heteroatoms. The molecule has 5 nitrogen and oxygen atoms in total. The Morgan fingerprint density at radius 1 is 1.06 bits per heavy atom. The Morgan fingerprint density at radius 2 is 1.56 bits per heavy atom. The van der Waals surface area contributed by atoms with E-state index >= 15 is 0 Å². The Bertz CT molecular complexity index is 369. The highest BCUT2D eigenvalue weighted by atomic mass is 16.6. The van der Waals surface area contributed by atoms with Crippen molar-refractivity contribution in [3.8, 4) is 11.5 Å². The number of carbonyl (C=O) groups is 2. The van der Waals surface area contributed by atoms with Gasteiger partial charge in [0.05, 0.1) is 7.11 Å². The van der Waals surface area contributed by atoms with Gasteiger partial charge in [-0.15, -0.1) is 0 Å². The number of hydrogen-bond donors (Lipinski definition) is 0. The lowest BCUT2D eigenvalue weighted by molar-refractivity contribution is -0.142. The molecule has 0 saturated heterocycles. The molecule has 0 aromatic heterocycles. The van der Waals surface area contributed by atoms with E-state index in [9.17, 15) is 9.59 Å². The van der Waals surface area contributed by atoms with Crippen molar-refractivity contribution in [2.24, 2.45) is 0 Å². The molecular weight excluding hydrogens is 236 g/mol. The Morgan fingerprint density at radius 3 is 2.00 bits per heavy atom. The minimum Gasteiger partial charge on any atom is -0.482 e. The summed E-state index contributed by atoms with van der Waals surface area (Å²) in [7, 11) is 1.29. The minimum atomic E-state index is -0.455. The predicted molar refractivity (Wildman–Crippen MR) is 66.6 cm³/mol. The van der Waals surface area contributed by atoms with Gasteiger partial charge in [0.25, 0.3) is 0 Å². The molecule has 1 aromatic carbocycles. The molecule has 1 rings (SSSR count). The number of carbonyl (C=O) groups excluding carboxylic acids is 2. The summed E-state index contributed by atoms with van der Waals surface area (Å²) in [5.41, 5.74) is 0. The van der Waals surface area contributed by atoms with Crippen LogP contribution in [0.5, 0.6) is 11.5 Å². The summed E-state index contributed by atoms with van der Waals surface area (Å²) in [6.45, 7) is 5.17. The first-order valence-corrected chi connectivity index (χ1v) is 5.60. The van der Waals surface area contributed by atoms with Gasteiger partial charge in [-0.3, -0.25) is 4.79 Å². The zero-order valence-corrected chi connectivity index (χ0v) is 11.1. The highest BCUT2D eigenvalue weighted by molar-refractivity contribution is 5.71. The van der Waals surface area contributed by atoms with Crippen LogP contribution >= 0.6 is 0 Å². The minimum absolute atomic E-state index is 0.149. The molecule has 18 heavy (non-hydrogen) atoms. The maximum absolute atomic E-state index is 10.8. The molecule has 0 atom stereocenters. The van der Waals surface area contributed by atoms with Crippen LogP contribution in [-0.2, 0) is 14.3 Å². The smallest absolute Gasteiger partial charge is 0.343 e. The van der Waals surface area contributed by atoms with E-state index in [-0.39, 0.29) is 12.6 Å². The van der Waals surface area contributed by atoms with E-state index in [1.165, 1.54) is 14.0 Å². The normalized spacial score (nSPS) is 8.67. The van der Waals surface area contributed by atoms with Crippen LogP contribution in [0.2, 0.25) is 0 Å². The third-order valence-corrected chi connectivity index (χ3v) is 1.67. The van der Waals surface area contributed by atoms with Crippen molar-refractivity contribution in [1.82, 2.24) is 0 Å². The molecule has 0 spiro atoms. The third-order valence-electron chi connectivity index (χ3n) is 1.67. The summed E-state index contributed by atoms with van der Waals surface area (Å²) in [6, 6.07) is 6.35. The van der Waals surface area contributed by atoms with Crippen molar-refractivity contribution in [1.29, 1.82) is 0 Å². The van der Waals surface area contributed by atoms with Gasteiger partial charge in [0.1, 0.15) is 11.5 Å². The van der Waals surface area contributed by atoms with Crippen LogP contribution in [0.4, 0.5) is 0 Å². The molecule has 0 fully saturated rings. The molecule has 0 saturated carbocycles.